The maximum Gasteiger partial charge on any atom is 0.325 e. The number of amides is 4. The van der Waals surface area contributed by atoms with E-state index in [2.05, 4.69) is 10.6 Å². The lowest BCUT2D eigenvalue weighted by Crippen LogP contribution is -2.56. The van der Waals surface area contributed by atoms with Crippen molar-refractivity contribution in [1.82, 2.24) is 15.5 Å². The smallest absolute Gasteiger partial charge is 0.325 e. The van der Waals surface area contributed by atoms with Crippen LogP contribution in [0.15, 0.2) is 0 Å². The second-order valence-electron chi connectivity index (χ2n) is 7.21. The second kappa shape index (κ2) is 12.4. The molecule has 0 aliphatic carbocycles. The molecule has 4 atom stereocenters. The Morgan fingerprint density at radius 3 is 2.43 bits per heavy atom. The van der Waals surface area contributed by atoms with E-state index in [0.29, 0.717) is 31.6 Å². The summed E-state index contributed by atoms with van der Waals surface area (Å²) in [6.45, 7) is 1.67. The first-order valence-electron chi connectivity index (χ1n) is 9.75. The number of likely N-dealkylation sites (tertiary alicyclic amines) is 1. The molecule has 1 aliphatic rings. The zero-order valence-electron chi connectivity index (χ0n) is 17.3. The van der Waals surface area contributed by atoms with Crippen molar-refractivity contribution in [2.45, 2.75) is 63.2 Å². The first-order chi connectivity index (χ1) is 14.1. The van der Waals surface area contributed by atoms with Gasteiger partial charge in [-0.05, 0) is 44.6 Å². The Kier molecular flexibility index (Phi) is 10.6. The Hall–Kier alpha value is -2.34. The van der Waals surface area contributed by atoms with Crippen LogP contribution in [-0.2, 0) is 24.0 Å². The molecule has 4 unspecified atom stereocenters. The fraction of sp³-hybridized carbons (Fsp3) is 0.722. The van der Waals surface area contributed by atoms with Gasteiger partial charge in [-0.2, -0.15) is 11.8 Å². The van der Waals surface area contributed by atoms with Crippen molar-refractivity contribution in [2.75, 3.05) is 18.6 Å². The van der Waals surface area contributed by atoms with Gasteiger partial charge in [0.25, 0.3) is 0 Å². The standard InChI is InChI=1S/C18H31N5O6S/c1-10(18(28)29)21-16(26)13-4-3-8-23(13)17(27)12(7-9-30-2)22-15(25)11(19)5-6-14(20)24/h10-13H,3-9,19H2,1-2H3,(H2,20,24)(H,21,26)(H,22,25)(H,28,29). The number of carbonyl (C=O) groups excluding carboxylic acids is 4. The van der Waals surface area contributed by atoms with Gasteiger partial charge in [0.1, 0.15) is 18.1 Å². The maximum atomic E-state index is 13.1. The van der Waals surface area contributed by atoms with Gasteiger partial charge >= 0.3 is 5.97 Å². The van der Waals surface area contributed by atoms with Crippen molar-refractivity contribution in [3.63, 3.8) is 0 Å². The first-order valence-corrected chi connectivity index (χ1v) is 11.1. The van der Waals surface area contributed by atoms with E-state index in [-0.39, 0.29) is 12.8 Å². The van der Waals surface area contributed by atoms with E-state index in [1.165, 1.54) is 23.6 Å². The quantitative estimate of drug-likeness (QED) is 0.238. The molecule has 0 radical (unpaired) electrons. The Bertz CT molecular complexity index is 661. The lowest BCUT2D eigenvalue weighted by atomic mass is 10.1. The summed E-state index contributed by atoms with van der Waals surface area (Å²) in [5, 5.41) is 14.0. The molecule has 1 saturated heterocycles. The predicted octanol–water partition coefficient (Wildman–Crippen LogP) is -1.60. The van der Waals surface area contributed by atoms with Crippen molar-refractivity contribution in [1.29, 1.82) is 0 Å². The number of hydrogen-bond acceptors (Lipinski definition) is 7. The van der Waals surface area contributed by atoms with Gasteiger partial charge in [-0.3, -0.25) is 24.0 Å². The summed E-state index contributed by atoms with van der Waals surface area (Å²) in [6, 6.07) is -3.74. The molecule has 0 aromatic carbocycles. The summed E-state index contributed by atoms with van der Waals surface area (Å²) < 4.78 is 0. The third-order valence-electron chi connectivity index (χ3n) is 4.83. The van der Waals surface area contributed by atoms with E-state index in [4.69, 9.17) is 16.6 Å². The van der Waals surface area contributed by atoms with Gasteiger partial charge in [-0.25, -0.2) is 0 Å². The number of aliphatic carboxylic acids is 1. The highest BCUT2D eigenvalue weighted by atomic mass is 32.2. The number of hydrogen-bond donors (Lipinski definition) is 5. The zero-order chi connectivity index (χ0) is 22.8. The summed E-state index contributed by atoms with van der Waals surface area (Å²) in [6.07, 6.45) is 3.21. The Morgan fingerprint density at radius 2 is 1.87 bits per heavy atom. The Balaban J connectivity index is 2.84. The molecule has 170 valence electrons. The van der Waals surface area contributed by atoms with Crippen LogP contribution in [0.25, 0.3) is 0 Å². The highest BCUT2D eigenvalue weighted by molar-refractivity contribution is 7.98. The molecule has 0 aromatic rings. The van der Waals surface area contributed by atoms with Crippen LogP contribution in [0.2, 0.25) is 0 Å². The molecule has 12 heteroatoms. The minimum absolute atomic E-state index is 0.0475. The topological polar surface area (TPSA) is 185 Å². The monoisotopic (exact) mass is 445 g/mol. The molecule has 30 heavy (non-hydrogen) atoms. The van der Waals surface area contributed by atoms with E-state index >= 15 is 0 Å². The highest BCUT2D eigenvalue weighted by Gasteiger charge is 2.38. The van der Waals surface area contributed by atoms with Crippen LogP contribution in [0, 0.1) is 0 Å². The van der Waals surface area contributed by atoms with Gasteiger partial charge in [-0.1, -0.05) is 0 Å². The third-order valence-corrected chi connectivity index (χ3v) is 5.48. The van der Waals surface area contributed by atoms with Gasteiger partial charge in [0.05, 0.1) is 6.04 Å². The third kappa shape index (κ3) is 7.82. The van der Waals surface area contributed by atoms with E-state index < -0.39 is 53.8 Å². The number of nitrogens with one attached hydrogen (secondary N) is 2. The molecule has 4 amide bonds. The van der Waals surface area contributed by atoms with Crippen LogP contribution >= 0.6 is 11.8 Å². The van der Waals surface area contributed by atoms with Gasteiger partial charge in [-0.15, -0.1) is 0 Å². The largest absolute Gasteiger partial charge is 0.480 e. The molecule has 11 nitrogen and oxygen atoms in total. The predicted molar refractivity (Wildman–Crippen MR) is 111 cm³/mol. The minimum Gasteiger partial charge on any atom is -0.480 e. The normalized spacial score (nSPS) is 18.9. The lowest BCUT2D eigenvalue weighted by molar-refractivity contribution is -0.144. The van der Waals surface area contributed by atoms with Crippen molar-refractivity contribution in [3.8, 4) is 0 Å². The van der Waals surface area contributed by atoms with E-state index in [1.807, 2.05) is 6.26 Å². The number of rotatable bonds is 12. The average molecular weight is 446 g/mol. The molecule has 7 N–H and O–H groups in total. The molecule has 0 aromatic heterocycles. The summed E-state index contributed by atoms with van der Waals surface area (Å²) in [5.74, 6) is -2.68. The number of thioether (sulfide) groups is 1. The Morgan fingerprint density at radius 1 is 1.20 bits per heavy atom. The summed E-state index contributed by atoms with van der Waals surface area (Å²) in [7, 11) is 0. The zero-order valence-corrected chi connectivity index (χ0v) is 18.1. The van der Waals surface area contributed by atoms with E-state index in [9.17, 15) is 24.0 Å². The van der Waals surface area contributed by atoms with E-state index in [1.54, 1.807) is 0 Å². The second-order valence-corrected chi connectivity index (χ2v) is 8.20. The van der Waals surface area contributed by atoms with Crippen LogP contribution < -0.4 is 22.1 Å². The van der Waals surface area contributed by atoms with Crippen LogP contribution in [0.4, 0.5) is 0 Å². The molecule has 1 fully saturated rings. The van der Waals surface area contributed by atoms with Gasteiger partial charge in [0, 0.05) is 13.0 Å². The fourth-order valence-electron chi connectivity index (χ4n) is 3.08. The number of carboxylic acids is 1. The molecule has 0 bridgehead atoms. The summed E-state index contributed by atoms with van der Waals surface area (Å²) in [4.78, 5) is 61.2. The maximum absolute atomic E-state index is 13.1. The van der Waals surface area contributed by atoms with Gasteiger partial charge < -0.3 is 32.1 Å². The summed E-state index contributed by atoms with van der Waals surface area (Å²) >= 11 is 1.50. The SMILES string of the molecule is CSCCC(NC(=O)C(N)CCC(N)=O)C(=O)N1CCCC1C(=O)NC(C)C(=O)O. The van der Waals surface area contributed by atoms with Gasteiger partial charge in [0.15, 0.2) is 0 Å². The summed E-state index contributed by atoms with van der Waals surface area (Å²) in [5.41, 5.74) is 10.9. The molecule has 1 rings (SSSR count). The first kappa shape index (κ1) is 25.7. The van der Waals surface area contributed by atoms with Crippen molar-refractivity contribution in [3.05, 3.63) is 0 Å². The van der Waals surface area contributed by atoms with Crippen LogP contribution in [0.1, 0.15) is 39.0 Å². The Labute approximate surface area is 179 Å². The molecular weight excluding hydrogens is 414 g/mol. The molecule has 0 spiro atoms. The number of primary amides is 1. The van der Waals surface area contributed by atoms with Crippen LogP contribution in [-0.4, -0.2) is 82.3 Å². The van der Waals surface area contributed by atoms with Crippen molar-refractivity contribution < 1.29 is 29.1 Å². The van der Waals surface area contributed by atoms with Crippen molar-refractivity contribution >= 4 is 41.4 Å². The lowest BCUT2D eigenvalue weighted by Gasteiger charge is -2.29. The molecule has 1 heterocycles. The van der Waals surface area contributed by atoms with Crippen LogP contribution in [0.3, 0.4) is 0 Å². The molecular formula is C18H31N5O6S. The molecule has 0 saturated carbocycles. The highest BCUT2D eigenvalue weighted by Crippen LogP contribution is 2.20. The number of carbonyl (C=O) groups is 5. The molecule has 1 aliphatic heterocycles. The number of nitrogens with zero attached hydrogens (tertiary/aromatic N) is 1. The average Bonchev–Trinajstić information content (AvgIpc) is 3.18. The van der Waals surface area contributed by atoms with Crippen molar-refractivity contribution in [2.24, 2.45) is 11.5 Å². The fourth-order valence-corrected chi connectivity index (χ4v) is 3.55. The minimum atomic E-state index is -1.17. The van der Waals surface area contributed by atoms with Crippen LogP contribution in [0.5, 0.6) is 0 Å². The van der Waals surface area contributed by atoms with Gasteiger partial charge in [0.2, 0.25) is 23.6 Å². The van der Waals surface area contributed by atoms with E-state index in [0.717, 1.165) is 0 Å². The number of carboxylic acid groups (broad SMARTS) is 1. The number of nitrogens with two attached hydrogens (primary N) is 2.